The van der Waals surface area contributed by atoms with Crippen molar-refractivity contribution in [2.75, 3.05) is 0 Å². The van der Waals surface area contributed by atoms with E-state index in [1.54, 1.807) is 0 Å². The summed E-state index contributed by atoms with van der Waals surface area (Å²) in [5, 5.41) is 0. The van der Waals surface area contributed by atoms with Crippen LogP contribution >= 0.6 is 0 Å². The summed E-state index contributed by atoms with van der Waals surface area (Å²) in [6.07, 6.45) is -16.6. The fourth-order valence-corrected chi connectivity index (χ4v) is 1.34. The van der Waals surface area contributed by atoms with Gasteiger partial charge in [-0.25, -0.2) is 13.6 Å². The van der Waals surface area contributed by atoms with Crippen molar-refractivity contribution in [2.24, 2.45) is 0 Å². The van der Waals surface area contributed by atoms with Crippen LogP contribution in [0.5, 0.6) is 0 Å². The fourth-order valence-electron chi connectivity index (χ4n) is 1.34. The van der Waals surface area contributed by atoms with Gasteiger partial charge in [0.05, 0.1) is 0 Å². The van der Waals surface area contributed by atoms with Gasteiger partial charge < -0.3 is 9.47 Å². The molecule has 0 radical (unpaired) electrons. The molecule has 0 saturated carbocycles. The van der Waals surface area contributed by atoms with Gasteiger partial charge in [-0.05, 0) is 6.92 Å². The Hall–Kier alpha value is -1.13. The predicted octanol–water partition coefficient (Wildman–Crippen LogP) is 2.79. The molecule has 1 aliphatic rings. The zero-order chi connectivity index (χ0) is 15.3. The zero-order valence-corrected chi connectivity index (χ0v) is 9.03. The van der Waals surface area contributed by atoms with E-state index in [-0.39, 0.29) is 6.92 Å². The zero-order valence-electron chi connectivity index (χ0n) is 9.03. The molecule has 3 nitrogen and oxygen atoms in total. The number of cyclic esters (lactones) is 1. The maximum Gasteiger partial charge on any atom is 0.465 e. The molecule has 0 amide bonds. The van der Waals surface area contributed by atoms with E-state index in [0.29, 0.717) is 0 Å². The van der Waals surface area contributed by atoms with Crippen LogP contribution in [0.25, 0.3) is 0 Å². The van der Waals surface area contributed by atoms with Gasteiger partial charge in [-0.1, -0.05) is 0 Å². The highest BCUT2D eigenvalue weighted by Crippen LogP contribution is 2.51. The van der Waals surface area contributed by atoms with Gasteiger partial charge >= 0.3 is 24.1 Å². The van der Waals surface area contributed by atoms with E-state index < -0.39 is 42.6 Å². The van der Waals surface area contributed by atoms with Crippen LogP contribution in [0.15, 0.2) is 0 Å². The molecule has 0 aromatic carbocycles. The topological polar surface area (TPSA) is 35.5 Å². The number of carbonyl (C=O) groups excluding carboxylic acids is 1. The Morgan fingerprint density at radius 3 is 1.74 bits per heavy atom. The molecular formula is C8H6F8O3. The average molecular weight is 302 g/mol. The second kappa shape index (κ2) is 4.18. The molecule has 1 unspecified atom stereocenters. The van der Waals surface area contributed by atoms with Crippen molar-refractivity contribution in [3.63, 3.8) is 0 Å². The standard InChI is InChI=1S/C8H6F8O3/c1-5(9,10)2-3-4(17)19-6(18-3,7(11,12)13)8(14,15)16/h3H,2H2,1H3. The lowest BCUT2D eigenvalue weighted by molar-refractivity contribution is -0.440. The Kier molecular flexibility index (Phi) is 3.51. The van der Waals surface area contributed by atoms with E-state index in [0.717, 1.165) is 0 Å². The van der Waals surface area contributed by atoms with E-state index >= 15 is 0 Å². The number of halogens is 8. The van der Waals surface area contributed by atoms with Crippen molar-refractivity contribution in [1.82, 2.24) is 0 Å². The van der Waals surface area contributed by atoms with Gasteiger partial charge in [-0.2, -0.15) is 26.3 Å². The molecule has 1 atom stereocenters. The van der Waals surface area contributed by atoms with Gasteiger partial charge in [0.15, 0.2) is 6.10 Å². The summed E-state index contributed by atoms with van der Waals surface area (Å²) >= 11 is 0. The van der Waals surface area contributed by atoms with Crippen LogP contribution in [-0.4, -0.2) is 36.1 Å². The molecule has 0 aliphatic carbocycles. The summed E-state index contributed by atoms with van der Waals surface area (Å²) in [5.41, 5.74) is 0. The van der Waals surface area contributed by atoms with E-state index in [1.807, 2.05) is 0 Å². The monoisotopic (exact) mass is 302 g/mol. The van der Waals surface area contributed by atoms with E-state index in [1.165, 1.54) is 0 Å². The molecule has 0 aromatic rings. The Morgan fingerprint density at radius 1 is 1.05 bits per heavy atom. The molecule has 19 heavy (non-hydrogen) atoms. The Labute approximate surface area is 100 Å². The van der Waals surface area contributed by atoms with Crippen molar-refractivity contribution >= 4 is 5.97 Å². The number of hydrogen-bond acceptors (Lipinski definition) is 3. The minimum absolute atomic E-state index is 0.213. The normalized spacial score (nSPS) is 24.5. The van der Waals surface area contributed by atoms with Crippen LogP contribution in [0.2, 0.25) is 0 Å². The first kappa shape index (κ1) is 15.9. The molecule has 0 spiro atoms. The largest absolute Gasteiger partial charge is 0.465 e. The van der Waals surface area contributed by atoms with Crippen molar-refractivity contribution in [1.29, 1.82) is 0 Å². The predicted molar refractivity (Wildman–Crippen MR) is 41.0 cm³/mol. The van der Waals surface area contributed by atoms with Crippen molar-refractivity contribution in [3.8, 4) is 0 Å². The molecule has 1 fully saturated rings. The quantitative estimate of drug-likeness (QED) is 0.581. The average Bonchev–Trinajstić information content (AvgIpc) is 2.39. The van der Waals surface area contributed by atoms with Crippen molar-refractivity contribution < 1.29 is 49.4 Å². The van der Waals surface area contributed by atoms with Crippen LogP contribution in [0.1, 0.15) is 13.3 Å². The number of hydrogen-bond donors (Lipinski definition) is 0. The summed E-state index contributed by atoms with van der Waals surface area (Å²) < 4.78 is 106. The van der Waals surface area contributed by atoms with Gasteiger partial charge in [-0.15, -0.1) is 0 Å². The summed E-state index contributed by atoms with van der Waals surface area (Å²) in [6.45, 7) is 0.213. The summed E-state index contributed by atoms with van der Waals surface area (Å²) in [4.78, 5) is 10.9. The Bertz CT molecular complexity index is 352. The third kappa shape index (κ3) is 2.90. The molecule has 0 N–H and O–H groups in total. The number of esters is 1. The second-order valence-electron chi connectivity index (χ2n) is 3.91. The summed E-state index contributed by atoms with van der Waals surface area (Å²) in [7, 11) is 0. The highest BCUT2D eigenvalue weighted by Gasteiger charge is 2.80. The third-order valence-electron chi connectivity index (χ3n) is 2.11. The smallest absolute Gasteiger partial charge is 0.414 e. The SMILES string of the molecule is CC(F)(F)CC1OC(C(F)(F)F)(C(F)(F)F)OC1=O. The molecule has 1 heterocycles. The van der Waals surface area contributed by atoms with Gasteiger partial charge in [0, 0.05) is 6.42 Å². The Morgan fingerprint density at radius 2 is 1.47 bits per heavy atom. The molecule has 1 aliphatic heterocycles. The van der Waals surface area contributed by atoms with Crippen molar-refractivity contribution in [3.05, 3.63) is 0 Å². The summed E-state index contributed by atoms with van der Waals surface area (Å²) in [6, 6.07) is 0. The number of carbonyl (C=O) groups is 1. The maximum atomic E-state index is 12.5. The lowest BCUT2D eigenvalue weighted by atomic mass is 10.1. The van der Waals surface area contributed by atoms with Crippen LogP contribution in [0, 0.1) is 0 Å². The molecule has 0 bridgehead atoms. The van der Waals surface area contributed by atoms with Gasteiger partial charge in [-0.3, -0.25) is 0 Å². The molecule has 1 saturated heterocycles. The third-order valence-corrected chi connectivity index (χ3v) is 2.11. The fraction of sp³-hybridized carbons (Fsp3) is 0.875. The molecule has 11 heteroatoms. The number of rotatable bonds is 2. The number of ether oxygens (including phenoxy) is 2. The molecule has 112 valence electrons. The van der Waals surface area contributed by atoms with E-state index in [2.05, 4.69) is 9.47 Å². The van der Waals surface area contributed by atoms with Gasteiger partial charge in [0.1, 0.15) is 0 Å². The second-order valence-corrected chi connectivity index (χ2v) is 3.91. The van der Waals surface area contributed by atoms with E-state index in [4.69, 9.17) is 0 Å². The van der Waals surface area contributed by atoms with E-state index in [9.17, 15) is 39.9 Å². The number of alkyl halides is 8. The first-order valence-corrected chi connectivity index (χ1v) is 4.61. The van der Waals surface area contributed by atoms with Gasteiger partial charge in [0.25, 0.3) is 0 Å². The van der Waals surface area contributed by atoms with Crippen LogP contribution in [0.3, 0.4) is 0 Å². The van der Waals surface area contributed by atoms with Crippen LogP contribution in [-0.2, 0) is 14.3 Å². The molecule has 1 rings (SSSR count). The van der Waals surface area contributed by atoms with Gasteiger partial charge in [0.2, 0.25) is 5.92 Å². The first-order chi connectivity index (χ1) is 8.20. The first-order valence-electron chi connectivity index (χ1n) is 4.61. The molecular weight excluding hydrogens is 296 g/mol. The summed E-state index contributed by atoms with van der Waals surface area (Å²) in [5.74, 6) is -11.0. The lowest BCUT2D eigenvalue weighted by Crippen LogP contribution is -2.58. The lowest BCUT2D eigenvalue weighted by Gasteiger charge is -2.30. The minimum atomic E-state index is -6.14. The highest BCUT2D eigenvalue weighted by molar-refractivity contribution is 5.77. The maximum absolute atomic E-state index is 12.5. The van der Waals surface area contributed by atoms with Crippen LogP contribution in [0.4, 0.5) is 35.1 Å². The van der Waals surface area contributed by atoms with Crippen LogP contribution < -0.4 is 0 Å². The van der Waals surface area contributed by atoms with Crippen molar-refractivity contribution in [2.45, 2.75) is 43.5 Å². The minimum Gasteiger partial charge on any atom is -0.414 e. The highest BCUT2D eigenvalue weighted by atomic mass is 19.4. The Balaban J connectivity index is 3.11. The molecule has 0 aromatic heterocycles.